The number of rotatable bonds is 11. The number of nitrogens with zero attached hydrogens (tertiary/aromatic N) is 6. The monoisotopic (exact) mass is 920 g/mol. The fourth-order valence-electron chi connectivity index (χ4n) is 10.2. The molecule has 0 saturated carbocycles. The number of hydrazine groups is 1. The zero-order valence-corrected chi connectivity index (χ0v) is 40.2. The number of amides is 4. The molecule has 3 N–H and O–H groups in total. The number of aromatic hydroxyl groups is 1. The number of carbonyl (C=O) groups excluding carboxylic acids is 4. The van der Waals surface area contributed by atoms with Crippen LogP contribution in [0.5, 0.6) is 5.75 Å². The Kier molecular flexibility index (Phi) is 14.9. The van der Waals surface area contributed by atoms with Crippen LogP contribution in [0.2, 0.25) is 0 Å². The second-order valence-corrected chi connectivity index (χ2v) is 19.3. The summed E-state index contributed by atoms with van der Waals surface area (Å²) in [6, 6.07) is 11.3. The third kappa shape index (κ3) is 10.2. The average molecular weight is 920 g/mol. The van der Waals surface area contributed by atoms with Crippen molar-refractivity contribution in [2.45, 2.75) is 111 Å². The highest BCUT2D eigenvalue weighted by Gasteiger charge is 2.42. The second kappa shape index (κ2) is 20.4. The molecule has 4 aromatic rings. The molecule has 0 aliphatic carbocycles. The number of hydrogen-bond acceptors (Lipinski definition) is 10. The van der Waals surface area contributed by atoms with Crippen LogP contribution in [0.15, 0.2) is 67.5 Å². The van der Waals surface area contributed by atoms with E-state index in [1.54, 1.807) is 37.4 Å². The summed E-state index contributed by atoms with van der Waals surface area (Å²) in [6.07, 6.45) is 6.46. The van der Waals surface area contributed by atoms with E-state index in [4.69, 9.17) is 9.57 Å². The maximum atomic E-state index is 14.7. The number of phenolic OH excluding ortho intramolecular Hbond substituents is 1. The summed E-state index contributed by atoms with van der Waals surface area (Å²) < 4.78 is 8.28. The zero-order valence-electron chi connectivity index (χ0n) is 40.2. The van der Waals surface area contributed by atoms with Gasteiger partial charge in [0.05, 0.1) is 22.6 Å². The Bertz CT molecular complexity index is 2530. The van der Waals surface area contributed by atoms with Gasteiger partial charge in [0, 0.05) is 87.5 Å². The number of pyridine rings is 1. The van der Waals surface area contributed by atoms with E-state index in [1.807, 2.05) is 38.2 Å². The molecule has 0 unspecified atom stereocenters. The van der Waals surface area contributed by atoms with E-state index in [0.717, 1.165) is 45.3 Å². The van der Waals surface area contributed by atoms with Crippen LogP contribution in [-0.2, 0) is 48.1 Å². The molecule has 2 aromatic carbocycles. The molecule has 4 amide bonds. The van der Waals surface area contributed by atoms with Gasteiger partial charge in [-0.15, -0.1) is 0 Å². The van der Waals surface area contributed by atoms with Crippen LogP contribution in [-0.4, -0.2) is 117 Å². The van der Waals surface area contributed by atoms with Gasteiger partial charge < -0.3 is 29.5 Å². The van der Waals surface area contributed by atoms with Gasteiger partial charge in [-0.2, -0.15) is 5.43 Å². The summed E-state index contributed by atoms with van der Waals surface area (Å²) in [5, 5.41) is 16.7. The van der Waals surface area contributed by atoms with Crippen molar-refractivity contribution in [3.8, 4) is 28.1 Å². The maximum Gasteiger partial charge on any atom is 0.326 e. The molecule has 0 spiro atoms. The standard InChI is InChI=1S/C51H66N8O8/c1-10-43(66-9)37-17-19-52-28-40(37)47-39-27-51(6,7)30-67-59(65)44-14-13-20-58(54-44)50(64)41(24-32-22-35(25-36(60)23-32)33-15-16-42(38(39)26-33)57(47)12-3)53-48(62)46(31(4)5)55(8)49(63)34-18-21-56(29-34)45(61)11-2/h11,15-17,19,22-23,25-26,28,31,34,41,43-44,46,54H,2,10,12-14,18,20-21,24,27,29-30H2,1,3-9H3,(H-,53,60,62)/p+1/t34-,41-,43-,44+,46-/m0/s1. The Morgan fingerprint density at radius 2 is 1.90 bits per heavy atom. The summed E-state index contributed by atoms with van der Waals surface area (Å²) in [5.41, 5.74) is 9.70. The Labute approximate surface area is 393 Å². The summed E-state index contributed by atoms with van der Waals surface area (Å²) in [5.74, 6) is -2.41. The van der Waals surface area contributed by atoms with Crippen molar-refractivity contribution < 1.29 is 38.8 Å². The van der Waals surface area contributed by atoms with Crippen LogP contribution in [0, 0.1) is 22.2 Å². The molecule has 16 heteroatoms. The number of phenols is 1. The number of methoxy groups -OCH3 is 1. The number of ether oxygens (including phenoxy) is 1. The Balaban J connectivity index is 1.31. The van der Waals surface area contributed by atoms with Crippen molar-refractivity contribution >= 4 is 34.5 Å². The van der Waals surface area contributed by atoms with E-state index >= 15 is 0 Å². The van der Waals surface area contributed by atoms with Crippen LogP contribution >= 0.6 is 0 Å². The number of aryl methyl sites for hydroxylation is 1. The third-order valence-corrected chi connectivity index (χ3v) is 13.6. The van der Waals surface area contributed by atoms with Crippen LogP contribution in [0.25, 0.3) is 33.3 Å². The van der Waals surface area contributed by atoms with E-state index in [9.17, 15) is 29.2 Å². The minimum Gasteiger partial charge on any atom is -0.508 e. The number of carbonyl (C=O) groups is 4. The van der Waals surface area contributed by atoms with Gasteiger partial charge in [-0.3, -0.25) is 29.2 Å². The molecule has 67 heavy (non-hydrogen) atoms. The molecular weight excluding hydrogens is 853 g/mol. The second-order valence-electron chi connectivity index (χ2n) is 19.3. The molecule has 2 aromatic heterocycles. The van der Waals surface area contributed by atoms with Crippen molar-refractivity contribution in [3.05, 3.63) is 89.1 Å². The van der Waals surface area contributed by atoms with Gasteiger partial charge in [0.25, 0.3) is 5.91 Å². The van der Waals surface area contributed by atoms with Crippen molar-refractivity contribution in [1.82, 2.24) is 35.1 Å². The first-order valence-corrected chi connectivity index (χ1v) is 23.6. The minimum absolute atomic E-state index is 0.0147. The number of nitrogens with one attached hydrogen (secondary N) is 2. The van der Waals surface area contributed by atoms with Crippen molar-refractivity contribution in [2.75, 3.05) is 40.4 Å². The minimum atomic E-state index is -1.17. The lowest BCUT2D eigenvalue weighted by Crippen LogP contribution is -2.62. The molecule has 2 fully saturated rings. The lowest BCUT2D eigenvalue weighted by atomic mass is 9.84. The summed E-state index contributed by atoms with van der Waals surface area (Å²) in [4.78, 5) is 83.5. The van der Waals surface area contributed by atoms with Gasteiger partial charge in [0.2, 0.25) is 22.6 Å². The molecule has 6 bridgehead atoms. The van der Waals surface area contributed by atoms with Gasteiger partial charge in [0.15, 0.2) is 6.61 Å². The van der Waals surface area contributed by atoms with Gasteiger partial charge >= 0.3 is 6.17 Å². The third-order valence-electron chi connectivity index (χ3n) is 13.6. The fraction of sp³-hybridized carbons (Fsp3) is 0.510. The van der Waals surface area contributed by atoms with Crippen LogP contribution in [0.4, 0.5) is 0 Å². The number of aromatic nitrogens is 2. The molecule has 3 aliphatic rings. The van der Waals surface area contributed by atoms with Crippen LogP contribution in [0.1, 0.15) is 90.0 Å². The smallest absolute Gasteiger partial charge is 0.326 e. The van der Waals surface area contributed by atoms with E-state index in [0.29, 0.717) is 54.8 Å². The van der Waals surface area contributed by atoms with Gasteiger partial charge in [-0.25, -0.2) is 4.84 Å². The molecule has 3 aliphatic heterocycles. The quantitative estimate of drug-likeness (QED) is 0.141. The number of fused-ring (bicyclic) bond motifs is 6. The fourth-order valence-corrected chi connectivity index (χ4v) is 10.2. The van der Waals surface area contributed by atoms with Crippen molar-refractivity contribution in [3.63, 3.8) is 0 Å². The first kappa shape index (κ1) is 48.8. The van der Waals surface area contributed by atoms with E-state index in [1.165, 1.54) is 16.0 Å². The van der Waals surface area contributed by atoms with Gasteiger partial charge in [-0.1, -0.05) is 53.3 Å². The summed E-state index contributed by atoms with van der Waals surface area (Å²) >= 11 is 0. The molecule has 16 nitrogen and oxygen atoms in total. The first-order chi connectivity index (χ1) is 32.0. The number of likely N-dealkylation sites (tertiary alicyclic amines) is 1. The molecule has 7 rings (SSSR count). The number of likely N-dealkylation sites (N-methyl/N-ethyl adjacent to an activating group) is 1. The molecule has 5 heterocycles. The van der Waals surface area contributed by atoms with Crippen LogP contribution < -0.4 is 10.7 Å². The van der Waals surface area contributed by atoms with Gasteiger partial charge in [-0.05, 0) is 103 Å². The maximum absolute atomic E-state index is 14.7. The van der Waals surface area contributed by atoms with Crippen molar-refractivity contribution in [1.29, 1.82) is 0 Å². The van der Waals surface area contributed by atoms with E-state index in [-0.39, 0.29) is 55.7 Å². The highest BCUT2D eigenvalue weighted by atomic mass is 16.8. The lowest BCUT2D eigenvalue weighted by Gasteiger charge is -2.35. The molecule has 358 valence electrons. The number of benzene rings is 2. The molecule has 5 atom stereocenters. The van der Waals surface area contributed by atoms with Crippen molar-refractivity contribution in [2.24, 2.45) is 17.3 Å². The molecular formula is C51H67N8O8+. The zero-order chi connectivity index (χ0) is 48.3. The SMILES string of the molecule is C=CC(=O)N1CC[C@H](C(=O)N(C)[C@H](C(=O)N[C@H]2Cc3cc(O)cc(c3)-c3ccc4c(c3)c(c(-c3cnccc3[C@H](CC)OC)n4CC)CC(C)(C)CO[N+](=O)[C@@H]3CCCN(N3)C2=O)C(C)C)C1. The van der Waals surface area contributed by atoms with E-state index < -0.39 is 41.4 Å². The predicted octanol–water partition coefficient (Wildman–Crippen LogP) is 6.48. The first-order valence-electron chi connectivity index (χ1n) is 23.6. The van der Waals surface area contributed by atoms with Crippen LogP contribution in [0.3, 0.4) is 0 Å². The Morgan fingerprint density at radius 3 is 2.60 bits per heavy atom. The number of hydrogen-bond donors (Lipinski definition) is 3. The highest BCUT2D eigenvalue weighted by molar-refractivity contribution is 5.96. The van der Waals surface area contributed by atoms with E-state index in [2.05, 4.69) is 66.7 Å². The highest BCUT2D eigenvalue weighted by Crippen LogP contribution is 2.43. The largest absolute Gasteiger partial charge is 0.508 e. The summed E-state index contributed by atoms with van der Waals surface area (Å²) in [7, 11) is 3.30. The molecule has 0 radical (unpaired) electrons. The lowest BCUT2D eigenvalue weighted by molar-refractivity contribution is -0.835. The summed E-state index contributed by atoms with van der Waals surface area (Å²) in [6.45, 7) is 17.2. The predicted molar refractivity (Wildman–Crippen MR) is 255 cm³/mol. The van der Waals surface area contributed by atoms with Gasteiger partial charge in [0.1, 0.15) is 17.8 Å². The molecule has 2 saturated heterocycles. The average Bonchev–Trinajstić information content (AvgIpc) is 3.93. The Morgan fingerprint density at radius 1 is 1.12 bits per heavy atom. The topological polar surface area (TPSA) is 179 Å². The normalized spacial score (nSPS) is 20.8. The Hall–Kier alpha value is -6.13.